The van der Waals surface area contributed by atoms with Crippen LogP contribution in [0.2, 0.25) is 0 Å². The summed E-state index contributed by atoms with van der Waals surface area (Å²) in [6.45, 7) is 8.77. The fourth-order valence-electron chi connectivity index (χ4n) is 1.12. The minimum absolute atomic E-state index is 0.798. The van der Waals surface area contributed by atoms with E-state index in [-0.39, 0.29) is 0 Å². The number of thiazole rings is 1. The van der Waals surface area contributed by atoms with Gasteiger partial charge in [-0.3, -0.25) is 0 Å². The summed E-state index contributed by atoms with van der Waals surface area (Å²) in [4.78, 5) is 4.41. The summed E-state index contributed by atoms with van der Waals surface area (Å²) in [7, 11) is 0. The van der Waals surface area contributed by atoms with Gasteiger partial charge >= 0.3 is 0 Å². The van der Waals surface area contributed by atoms with E-state index < -0.39 is 0 Å². The molecule has 0 fully saturated rings. The lowest BCUT2D eigenvalue weighted by Crippen LogP contribution is -2.19. The van der Waals surface area contributed by atoms with Crippen LogP contribution in [0.15, 0.2) is 9.72 Å². The van der Waals surface area contributed by atoms with E-state index in [0.29, 0.717) is 0 Å². The Labute approximate surface area is 101 Å². The van der Waals surface area contributed by atoms with Gasteiger partial charge in [-0.25, -0.2) is 4.98 Å². The van der Waals surface area contributed by atoms with E-state index in [2.05, 4.69) is 29.5 Å². The van der Waals surface area contributed by atoms with Gasteiger partial charge < -0.3 is 5.32 Å². The normalized spacial score (nSPS) is 11.2. The van der Waals surface area contributed by atoms with Crippen LogP contribution in [0.25, 0.3) is 0 Å². The summed E-state index contributed by atoms with van der Waals surface area (Å²) >= 11 is 3.59. The van der Waals surface area contributed by atoms with Gasteiger partial charge in [-0.1, -0.05) is 25.6 Å². The highest BCUT2D eigenvalue weighted by molar-refractivity contribution is 8.01. The first kappa shape index (κ1) is 13.0. The molecule has 0 unspecified atom stereocenters. The molecule has 1 rings (SSSR count). The molecule has 4 heteroatoms. The van der Waals surface area contributed by atoms with E-state index in [4.69, 9.17) is 0 Å². The first-order valence-corrected chi connectivity index (χ1v) is 7.30. The summed E-state index contributed by atoms with van der Waals surface area (Å²) in [6, 6.07) is 0. The van der Waals surface area contributed by atoms with Gasteiger partial charge in [0.1, 0.15) is 4.34 Å². The molecule has 0 aliphatic carbocycles. The number of nitrogens with one attached hydrogen (secondary N) is 1. The minimum Gasteiger partial charge on any atom is -0.316 e. The summed E-state index contributed by atoms with van der Waals surface area (Å²) in [5.41, 5.74) is 1.13. The van der Waals surface area contributed by atoms with E-state index in [9.17, 15) is 0 Å². The molecule has 0 radical (unpaired) electrons. The maximum absolute atomic E-state index is 4.41. The fraction of sp³-hybridized carbons (Fsp3) is 0.727. The molecule has 2 nitrogen and oxygen atoms in total. The summed E-state index contributed by atoms with van der Waals surface area (Å²) < 4.78 is 1.19. The lowest BCUT2D eigenvalue weighted by molar-refractivity contribution is 0.547. The van der Waals surface area contributed by atoms with Crippen molar-refractivity contribution in [3.05, 3.63) is 11.1 Å². The van der Waals surface area contributed by atoms with Crippen molar-refractivity contribution in [1.82, 2.24) is 10.3 Å². The molecule has 15 heavy (non-hydrogen) atoms. The predicted octanol–water partition coefficient (Wildman–Crippen LogP) is 3.18. The van der Waals surface area contributed by atoms with E-state index in [1.807, 2.05) is 18.7 Å². The van der Waals surface area contributed by atoms with Crippen LogP contribution in [-0.2, 0) is 0 Å². The van der Waals surface area contributed by atoms with Crippen LogP contribution in [0.1, 0.15) is 26.0 Å². The van der Waals surface area contributed by atoms with E-state index in [1.54, 1.807) is 11.3 Å². The lowest BCUT2D eigenvalue weighted by atomic mass is 10.1. The van der Waals surface area contributed by atoms with Crippen molar-refractivity contribution >= 4 is 23.1 Å². The van der Waals surface area contributed by atoms with Crippen molar-refractivity contribution in [1.29, 1.82) is 0 Å². The highest BCUT2D eigenvalue weighted by Crippen LogP contribution is 2.21. The fourth-order valence-corrected chi connectivity index (χ4v) is 2.94. The van der Waals surface area contributed by atoms with Crippen LogP contribution in [0.4, 0.5) is 0 Å². The van der Waals surface area contributed by atoms with Gasteiger partial charge in [0.2, 0.25) is 0 Å². The van der Waals surface area contributed by atoms with Crippen molar-refractivity contribution in [3.8, 4) is 0 Å². The molecule has 1 N–H and O–H groups in total. The van der Waals surface area contributed by atoms with Crippen LogP contribution in [0, 0.1) is 12.8 Å². The number of nitrogens with zero attached hydrogens (tertiary/aromatic N) is 1. The van der Waals surface area contributed by atoms with Crippen LogP contribution < -0.4 is 5.32 Å². The van der Waals surface area contributed by atoms with Gasteiger partial charge in [0.25, 0.3) is 0 Å². The Balaban J connectivity index is 1.98. The average molecular weight is 244 g/mol. The molecule has 0 saturated heterocycles. The molecule has 0 aliphatic heterocycles. The molecule has 1 aromatic rings. The van der Waals surface area contributed by atoms with Crippen molar-refractivity contribution in [2.45, 2.75) is 31.5 Å². The summed E-state index contributed by atoms with van der Waals surface area (Å²) in [6.07, 6.45) is 1.26. The van der Waals surface area contributed by atoms with Gasteiger partial charge in [-0.15, -0.1) is 11.3 Å². The first-order chi connectivity index (χ1) is 7.18. The molecule has 0 amide bonds. The molecule has 1 aromatic heterocycles. The van der Waals surface area contributed by atoms with E-state index in [1.165, 1.54) is 10.8 Å². The molecule has 0 aromatic carbocycles. The van der Waals surface area contributed by atoms with Crippen molar-refractivity contribution in [2.24, 2.45) is 5.92 Å². The second kappa shape index (κ2) is 7.25. The van der Waals surface area contributed by atoms with E-state index in [0.717, 1.165) is 30.5 Å². The molecule has 0 saturated carbocycles. The predicted molar refractivity (Wildman–Crippen MR) is 69.9 cm³/mol. The third-order valence-electron chi connectivity index (χ3n) is 2.00. The topological polar surface area (TPSA) is 24.9 Å². The van der Waals surface area contributed by atoms with Crippen LogP contribution in [0.5, 0.6) is 0 Å². The molecule has 0 spiro atoms. The van der Waals surface area contributed by atoms with Crippen LogP contribution in [0.3, 0.4) is 0 Å². The average Bonchev–Trinajstić information content (AvgIpc) is 2.57. The molecular weight excluding hydrogens is 224 g/mol. The van der Waals surface area contributed by atoms with Crippen LogP contribution in [-0.4, -0.2) is 23.8 Å². The van der Waals surface area contributed by atoms with Crippen LogP contribution >= 0.6 is 23.1 Å². The second-order valence-electron chi connectivity index (χ2n) is 4.04. The van der Waals surface area contributed by atoms with Gasteiger partial charge in [0.15, 0.2) is 0 Å². The monoisotopic (exact) mass is 244 g/mol. The number of aryl methyl sites for hydroxylation is 1. The lowest BCUT2D eigenvalue weighted by Gasteiger charge is -2.05. The zero-order chi connectivity index (χ0) is 11.1. The minimum atomic E-state index is 0.798. The Bertz CT molecular complexity index is 271. The van der Waals surface area contributed by atoms with Gasteiger partial charge in [0.05, 0.1) is 0 Å². The number of rotatable bonds is 7. The molecule has 1 heterocycles. The molecule has 86 valence electrons. The molecular formula is C11H20N2S2. The van der Waals surface area contributed by atoms with Gasteiger partial charge in [-0.05, 0) is 25.8 Å². The zero-order valence-corrected chi connectivity index (χ0v) is 11.4. The highest BCUT2D eigenvalue weighted by atomic mass is 32.2. The maximum Gasteiger partial charge on any atom is 0.150 e. The Morgan fingerprint density at radius 3 is 2.87 bits per heavy atom. The Morgan fingerprint density at radius 1 is 1.47 bits per heavy atom. The highest BCUT2D eigenvalue weighted by Gasteiger charge is 1.98. The van der Waals surface area contributed by atoms with Crippen molar-refractivity contribution in [3.63, 3.8) is 0 Å². The Hall–Kier alpha value is -0.0600. The van der Waals surface area contributed by atoms with Crippen molar-refractivity contribution < 1.29 is 0 Å². The zero-order valence-electron chi connectivity index (χ0n) is 9.75. The number of hydrogen-bond acceptors (Lipinski definition) is 4. The molecule has 0 bridgehead atoms. The number of thioether (sulfide) groups is 1. The standard InChI is InChI=1S/C11H20N2S2/c1-9(2)4-5-12-6-7-14-11-13-10(3)8-15-11/h8-9,12H,4-7H2,1-3H3. The molecule has 0 atom stereocenters. The largest absolute Gasteiger partial charge is 0.316 e. The Kier molecular flexibility index (Phi) is 6.29. The quantitative estimate of drug-likeness (QED) is 0.589. The SMILES string of the molecule is Cc1csc(SCCNCCC(C)C)n1. The third kappa shape index (κ3) is 6.17. The van der Waals surface area contributed by atoms with Gasteiger partial charge in [0, 0.05) is 23.4 Å². The first-order valence-electron chi connectivity index (χ1n) is 5.44. The maximum atomic E-state index is 4.41. The Morgan fingerprint density at radius 2 is 2.27 bits per heavy atom. The number of hydrogen-bond donors (Lipinski definition) is 1. The smallest absolute Gasteiger partial charge is 0.150 e. The molecule has 0 aliphatic rings. The van der Waals surface area contributed by atoms with E-state index >= 15 is 0 Å². The van der Waals surface area contributed by atoms with Crippen molar-refractivity contribution in [2.75, 3.05) is 18.8 Å². The number of aromatic nitrogens is 1. The second-order valence-corrected chi connectivity index (χ2v) is 6.24. The summed E-state index contributed by atoms with van der Waals surface area (Å²) in [5.74, 6) is 1.91. The summed E-state index contributed by atoms with van der Waals surface area (Å²) in [5, 5.41) is 5.56. The third-order valence-corrected chi connectivity index (χ3v) is 4.14. The van der Waals surface area contributed by atoms with Gasteiger partial charge in [-0.2, -0.15) is 0 Å².